The molecule has 0 spiro atoms. The van der Waals surface area contributed by atoms with Crippen molar-refractivity contribution in [3.05, 3.63) is 38.8 Å². The number of hydrogen-bond acceptors (Lipinski definition) is 2. The van der Waals surface area contributed by atoms with E-state index in [2.05, 4.69) is 21.2 Å². The van der Waals surface area contributed by atoms with Crippen LogP contribution in [-0.4, -0.2) is 17.7 Å². The highest BCUT2D eigenvalue weighted by Gasteiger charge is 2.20. The number of carbonyl (C=O) groups is 1. The van der Waals surface area contributed by atoms with Gasteiger partial charge < -0.3 is 10.1 Å². The highest BCUT2D eigenvalue weighted by Crippen LogP contribution is 2.29. The van der Waals surface area contributed by atoms with Crippen molar-refractivity contribution in [3.8, 4) is 0 Å². The Hall–Kier alpha value is -0.710. The summed E-state index contributed by atoms with van der Waals surface area (Å²) in [5.41, 5.74) is 2.33. The van der Waals surface area contributed by atoms with Gasteiger partial charge in [0.2, 0.25) is 0 Å². The summed E-state index contributed by atoms with van der Waals surface area (Å²) in [6.07, 6.45) is -0.501. The van der Waals surface area contributed by atoms with Gasteiger partial charge in [0.1, 0.15) is 5.60 Å². The second kappa shape index (κ2) is 7.52. The smallest absolute Gasteiger partial charge is 0.408 e. The Kier molecular flexibility index (Phi) is 6.57. The van der Waals surface area contributed by atoms with E-state index in [1.54, 1.807) is 26.8 Å². The van der Waals surface area contributed by atoms with Gasteiger partial charge in [-0.15, -0.1) is 0 Å². The van der Waals surface area contributed by atoms with E-state index in [-0.39, 0.29) is 6.04 Å². The van der Waals surface area contributed by atoms with Gasteiger partial charge in [0.25, 0.3) is 0 Å². The zero-order valence-electron chi connectivity index (χ0n) is 12.3. The molecule has 1 aromatic carbocycles. The van der Waals surface area contributed by atoms with Crippen LogP contribution in [0.2, 0.25) is 5.02 Å². The van der Waals surface area contributed by atoms with Gasteiger partial charge in [0.05, 0.1) is 6.04 Å². The summed E-state index contributed by atoms with van der Waals surface area (Å²) in [7, 11) is 0. The molecule has 6 heteroatoms. The number of nitrogens with one attached hydrogen (secondary N) is 1. The average Bonchev–Trinajstić information content (AvgIpc) is 2.30. The number of carbonyl (C=O) groups excluding carboxylic acids is 1. The van der Waals surface area contributed by atoms with Crippen molar-refractivity contribution in [2.75, 3.05) is 0 Å². The normalized spacial score (nSPS) is 13.8. The maximum atomic E-state index is 11.8. The van der Waals surface area contributed by atoms with Gasteiger partial charge in [-0.25, -0.2) is 4.79 Å². The minimum absolute atomic E-state index is 0.337. The molecule has 0 fully saturated rings. The van der Waals surface area contributed by atoms with Crippen LogP contribution in [0.4, 0.5) is 4.79 Å². The van der Waals surface area contributed by atoms with Gasteiger partial charge in [-0.05, 0) is 51.0 Å². The van der Waals surface area contributed by atoms with Crippen LogP contribution in [0.3, 0.4) is 0 Å². The van der Waals surface area contributed by atoms with Crippen molar-refractivity contribution in [1.82, 2.24) is 5.32 Å². The van der Waals surface area contributed by atoms with Crippen molar-refractivity contribution < 1.29 is 9.53 Å². The molecule has 1 N–H and O–H groups in total. The van der Waals surface area contributed by atoms with Crippen LogP contribution in [0.25, 0.3) is 5.57 Å². The first kappa shape index (κ1) is 18.3. The Bertz CT molecular complexity index is 553. The molecule has 1 rings (SSSR count). The number of halogens is 3. The van der Waals surface area contributed by atoms with Gasteiger partial charge in [-0.3, -0.25) is 0 Å². The molecule has 21 heavy (non-hydrogen) atoms. The standard InChI is InChI=1S/C15H18BrCl2NO2/c1-9(19-14(20)21-15(2,3)4)12(8-17)11-6-5-10(16)7-13(11)18/h5-9H,1-4H3,(H,19,20). The molecule has 0 aliphatic heterocycles. The summed E-state index contributed by atoms with van der Waals surface area (Å²) in [6.45, 7) is 7.24. The Morgan fingerprint density at radius 3 is 2.52 bits per heavy atom. The van der Waals surface area contributed by atoms with Crippen LogP contribution in [0.1, 0.15) is 33.3 Å². The first-order valence-corrected chi connectivity index (χ1v) is 8.00. The molecule has 0 saturated carbocycles. The summed E-state index contributed by atoms with van der Waals surface area (Å²) < 4.78 is 6.10. The summed E-state index contributed by atoms with van der Waals surface area (Å²) in [4.78, 5) is 11.8. The third-order valence-corrected chi connectivity index (χ3v) is 3.60. The van der Waals surface area contributed by atoms with Gasteiger partial charge >= 0.3 is 6.09 Å². The van der Waals surface area contributed by atoms with Crippen molar-refractivity contribution in [2.45, 2.75) is 39.3 Å². The Balaban J connectivity index is 2.88. The molecule has 0 radical (unpaired) electrons. The minimum atomic E-state index is -0.552. The average molecular weight is 395 g/mol. The summed E-state index contributed by atoms with van der Waals surface area (Å²) in [6, 6.07) is 5.14. The predicted octanol–water partition coefficient (Wildman–Crippen LogP) is 5.60. The lowest BCUT2D eigenvalue weighted by atomic mass is 10.0. The molecule has 0 aliphatic rings. The van der Waals surface area contributed by atoms with Crippen LogP contribution in [0, 0.1) is 0 Å². The molecule has 116 valence electrons. The lowest BCUT2D eigenvalue weighted by molar-refractivity contribution is 0.0519. The number of benzene rings is 1. The third-order valence-electron chi connectivity index (χ3n) is 2.56. The molecule has 0 saturated heterocycles. The molecular formula is C15H18BrCl2NO2. The van der Waals surface area contributed by atoms with E-state index in [1.165, 1.54) is 5.54 Å². The topological polar surface area (TPSA) is 38.3 Å². The lowest BCUT2D eigenvalue weighted by Gasteiger charge is -2.23. The Labute approximate surface area is 143 Å². The van der Waals surface area contributed by atoms with Gasteiger partial charge in [0.15, 0.2) is 0 Å². The highest BCUT2D eigenvalue weighted by atomic mass is 79.9. The number of ether oxygens (including phenoxy) is 1. The molecule has 0 aromatic heterocycles. The molecule has 1 unspecified atom stereocenters. The van der Waals surface area contributed by atoms with Crippen LogP contribution < -0.4 is 5.32 Å². The monoisotopic (exact) mass is 393 g/mol. The molecule has 1 aromatic rings. The molecular weight excluding hydrogens is 377 g/mol. The number of amides is 1. The van der Waals surface area contributed by atoms with E-state index < -0.39 is 11.7 Å². The van der Waals surface area contributed by atoms with Crippen LogP contribution in [0.15, 0.2) is 28.2 Å². The summed E-state index contributed by atoms with van der Waals surface area (Å²) in [5, 5.41) is 3.29. The largest absolute Gasteiger partial charge is 0.444 e. The quantitative estimate of drug-likeness (QED) is 0.724. The second-order valence-electron chi connectivity index (χ2n) is 5.56. The first-order valence-electron chi connectivity index (χ1n) is 6.39. The van der Waals surface area contributed by atoms with Gasteiger partial charge in [-0.1, -0.05) is 45.2 Å². The van der Waals surface area contributed by atoms with Gasteiger partial charge in [0, 0.05) is 15.0 Å². The van der Waals surface area contributed by atoms with Crippen molar-refractivity contribution in [1.29, 1.82) is 0 Å². The first-order chi connectivity index (χ1) is 9.64. The van der Waals surface area contributed by atoms with Gasteiger partial charge in [-0.2, -0.15) is 0 Å². The molecule has 0 heterocycles. The molecule has 0 aliphatic carbocycles. The molecule has 1 atom stereocenters. The van der Waals surface area contributed by atoms with E-state index in [9.17, 15) is 4.79 Å². The second-order valence-corrected chi connectivity index (χ2v) is 7.10. The molecule has 0 bridgehead atoms. The maximum Gasteiger partial charge on any atom is 0.408 e. The fourth-order valence-electron chi connectivity index (χ4n) is 1.67. The Morgan fingerprint density at radius 2 is 2.05 bits per heavy atom. The lowest BCUT2D eigenvalue weighted by Crippen LogP contribution is -2.38. The summed E-state index contributed by atoms with van der Waals surface area (Å²) in [5.74, 6) is 0. The number of rotatable bonds is 3. The van der Waals surface area contributed by atoms with E-state index >= 15 is 0 Å². The fourth-order valence-corrected chi connectivity index (χ4v) is 2.76. The molecule has 1 amide bonds. The highest BCUT2D eigenvalue weighted by molar-refractivity contribution is 9.10. The number of alkyl carbamates (subject to hydrolysis) is 1. The van der Waals surface area contributed by atoms with Crippen LogP contribution in [-0.2, 0) is 4.74 Å². The maximum absolute atomic E-state index is 11.8. The minimum Gasteiger partial charge on any atom is -0.444 e. The van der Waals surface area contributed by atoms with Crippen molar-refractivity contribution >= 4 is 50.8 Å². The summed E-state index contributed by atoms with van der Waals surface area (Å²) >= 11 is 15.5. The fraction of sp³-hybridized carbons (Fsp3) is 0.400. The number of hydrogen-bond donors (Lipinski definition) is 1. The van der Waals surface area contributed by atoms with Crippen molar-refractivity contribution in [2.24, 2.45) is 0 Å². The zero-order valence-corrected chi connectivity index (χ0v) is 15.4. The van der Waals surface area contributed by atoms with Crippen LogP contribution >= 0.6 is 39.1 Å². The molecule has 3 nitrogen and oxygen atoms in total. The predicted molar refractivity (Wildman–Crippen MR) is 91.8 cm³/mol. The van der Waals surface area contributed by atoms with E-state index in [0.29, 0.717) is 10.6 Å². The van der Waals surface area contributed by atoms with Crippen molar-refractivity contribution in [3.63, 3.8) is 0 Å². The van der Waals surface area contributed by atoms with E-state index in [0.717, 1.165) is 10.0 Å². The zero-order chi connectivity index (χ0) is 16.2. The van der Waals surface area contributed by atoms with Crippen LogP contribution in [0.5, 0.6) is 0 Å². The SMILES string of the molecule is CC(NC(=O)OC(C)(C)C)C(=CCl)c1ccc(Br)cc1Cl. The van der Waals surface area contributed by atoms with E-state index in [1.807, 2.05) is 19.1 Å². The van der Waals surface area contributed by atoms with E-state index in [4.69, 9.17) is 27.9 Å². The third kappa shape index (κ3) is 5.89. The Morgan fingerprint density at radius 1 is 1.43 bits per heavy atom.